The summed E-state index contributed by atoms with van der Waals surface area (Å²) in [5.41, 5.74) is -0.114. The zero-order valence-corrected chi connectivity index (χ0v) is 19.0. The lowest BCUT2D eigenvalue weighted by molar-refractivity contribution is -0.137. The minimum Gasteiger partial charge on any atom is -0.481 e. The molecule has 0 spiro atoms. The monoisotopic (exact) mass is 445 g/mol. The third-order valence-electron chi connectivity index (χ3n) is 7.41. The Kier molecular flexibility index (Phi) is 8.71. The highest BCUT2D eigenvalue weighted by Gasteiger charge is 2.45. The van der Waals surface area contributed by atoms with Gasteiger partial charge in [-0.2, -0.15) is 5.26 Å². The van der Waals surface area contributed by atoms with Crippen LogP contribution in [0.4, 0.5) is 0 Å². The summed E-state index contributed by atoms with van der Waals surface area (Å²) in [6.45, 7) is 0. The summed E-state index contributed by atoms with van der Waals surface area (Å²) in [4.78, 5) is 11.9. The highest BCUT2D eigenvalue weighted by molar-refractivity contribution is 7.10. The van der Waals surface area contributed by atoms with E-state index in [1.165, 1.54) is 4.88 Å². The van der Waals surface area contributed by atoms with Gasteiger partial charge in [0, 0.05) is 22.6 Å². The molecule has 6 heteroatoms. The van der Waals surface area contributed by atoms with Gasteiger partial charge >= 0.3 is 5.97 Å². The van der Waals surface area contributed by atoms with Gasteiger partial charge in [-0.1, -0.05) is 43.9 Å². The van der Waals surface area contributed by atoms with Crippen molar-refractivity contribution in [1.29, 1.82) is 5.26 Å². The number of hydrogen-bond donors (Lipinski definition) is 3. The molecule has 0 saturated heterocycles. The summed E-state index contributed by atoms with van der Waals surface area (Å²) >= 11 is 1.72. The smallest absolute Gasteiger partial charge is 0.303 e. The molecule has 3 rings (SSSR count). The van der Waals surface area contributed by atoms with E-state index in [0.29, 0.717) is 19.3 Å². The standard InChI is InChI=1S/C25H35NO4S/c26-17-18-16-21(27)20(19(18)8-3-1-2-4-12-24(29)30)9-5-10-22(28)25(13-7-14-25)23-11-6-15-31-23/h5-6,9,11,15,18-22,27-28H,1-4,7-8,10,12-14,16H2,(H,29,30)/b9-5+/t18?,19-,20?,21+,22?/m0/s1. The fourth-order valence-corrected chi connectivity index (χ4v) is 6.46. The highest BCUT2D eigenvalue weighted by Crippen LogP contribution is 2.49. The van der Waals surface area contributed by atoms with E-state index in [1.807, 2.05) is 18.2 Å². The van der Waals surface area contributed by atoms with Gasteiger partial charge in [0.1, 0.15) is 0 Å². The van der Waals surface area contributed by atoms with Crippen molar-refractivity contribution in [2.45, 2.75) is 88.3 Å². The molecular weight excluding hydrogens is 410 g/mol. The number of carboxylic acids is 1. The first-order chi connectivity index (χ1) is 15.0. The molecule has 5 nitrogen and oxygen atoms in total. The quantitative estimate of drug-likeness (QED) is 0.309. The molecule has 0 amide bonds. The van der Waals surface area contributed by atoms with Crippen molar-refractivity contribution >= 4 is 17.3 Å². The molecule has 2 aliphatic rings. The van der Waals surface area contributed by atoms with Crippen LogP contribution in [-0.4, -0.2) is 33.5 Å². The van der Waals surface area contributed by atoms with Crippen LogP contribution in [0.2, 0.25) is 0 Å². The van der Waals surface area contributed by atoms with Crippen LogP contribution < -0.4 is 0 Å². The molecule has 5 atom stereocenters. The molecule has 2 aliphatic carbocycles. The summed E-state index contributed by atoms with van der Waals surface area (Å²) in [5.74, 6) is -0.811. The van der Waals surface area contributed by atoms with Crippen molar-refractivity contribution in [3.8, 4) is 6.07 Å². The molecule has 2 fully saturated rings. The maximum absolute atomic E-state index is 11.0. The fraction of sp³-hybridized carbons (Fsp3) is 0.680. The van der Waals surface area contributed by atoms with E-state index >= 15 is 0 Å². The fourth-order valence-electron chi connectivity index (χ4n) is 5.42. The van der Waals surface area contributed by atoms with Gasteiger partial charge in [-0.15, -0.1) is 11.3 Å². The van der Waals surface area contributed by atoms with E-state index in [9.17, 15) is 20.3 Å². The van der Waals surface area contributed by atoms with Crippen LogP contribution in [0.1, 0.15) is 75.5 Å². The third-order valence-corrected chi connectivity index (χ3v) is 8.50. The molecule has 0 aliphatic heterocycles. The molecule has 170 valence electrons. The normalized spacial score (nSPS) is 28.3. The van der Waals surface area contributed by atoms with Gasteiger partial charge in [-0.05, 0) is 55.9 Å². The lowest BCUT2D eigenvalue weighted by Gasteiger charge is -2.45. The molecule has 1 heterocycles. The topological polar surface area (TPSA) is 102 Å². The van der Waals surface area contributed by atoms with Crippen LogP contribution in [0.25, 0.3) is 0 Å². The second kappa shape index (κ2) is 11.3. The third kappa shape index (κ3) is 5.77. The SMILES string of the molecule is N#CC1C[C@@H](O)C(/C=C/CC(O)C2(c3cccs3)CCC2)[C@H]1CCCCCCC(=O)O. The van der Waals surface area contributed by atoms with Crippen molar-refractivity contribution < 1.29 is 20.1 Å². The van der Waals surface area contributed by atoms with Crippen molar-refractivity contribution in [3.05, 3.63) is 34.5 Å². The maximum atomic E-state index is 11.0. The van der Waals surface area contributed by atoms with E-state index in [-0.39, 0.29) is 29.6 Å². The lowest BCUT2D eigenvalue weighted by Crippen LogP contribution is -2.44. The summed E-state index contributed by atoms with van der Waals surface area (Å²) in [6.07, 6.45) is 12.0. The van der Waals surface area contributed by atoms with E-state index in [4.69, 9.17) is 5.11 Å². The Bertz CT molecular complexity index is 765. The summed E-state index contributed by atoms with van der Waals surface area (Å²) in [5, 5.41) is 41.9. The number of aliphatic hydroxyl groups excluding tert-OH is 2. The first-order valence-corrected chi connectivity index (χ1v) is 12.5. The van der Waals surface area contributed by atoms with Crippen molar-refractivity contribution in [3.63, 3.8) is 0 Å². The zero-order valence-electron chi connectivity index (χ0n) is 18.2. The number of hydrogen-bond acceptors (Lipinski definition) is 5. The largest absolute Gasteiger partial charge is 0.481 e. The van der Waals surface area contributed by atoms with Gasteiger partial charge in [0.25, 0.3) is 0 Å². The molecule has 0 bridgehead atoms. The van der Waals surface area contributed by atoms with E-state index in [2.05, 4.69) is 17.5 Å². The number of carbonyl (C=O) groups is 1. The zero-order chi connectivity index (χ0) is 22.3. The summed E-state index contributed by atoms with van der Waals surface area (Å²) in [7, 11) is 0. The molecule has 1 aromatic rings. The lowest BCUT2D eigenvalue weighted by atomic mass is 9.63. The minimum atomic E-state index is -0.751. The number of carboxylic acid groups (broad SMARTS) is 1. The van der Waals surface area contributed by atoms with Crippen LogP contribution in [-0.2, 0) is 10.2 Å². The molecule has 31 heavy (non-hydrogen) atoms. The Hall–Kier alpha value is -1.68. The molecule has 2 saturated carbocycles. The first-order valence-electron chi connectivity index (χ1n) is 11.7. The number of unbranched alkanes of at least 4 members (excludes halogenated alkanes) is 3. The van der Waals surface area contributed by atoms with E-state index in [1.54, 1.807) is 11.3 Å². The summed E-state index contributed by atoms with van der Waals surface area (Å²) < 4.78 is 0. The number of nitrogens with zero attached hydrogens (tertiary/aromatic N) is 1. The van der Waals surface area contributed by atoms with Crippen LogP contribution in [0, 0.1) is 29.1 Å². The molecular formula is C25H35NO4S. The van der Waals surface area contributed by atoms with Crippen molar-refractivity contribution in [2.24, 2.45) is 17.8 Å². The Morgan fingerprint density at radius 2 is 2.10 bits per heavy atom. The molecule has 3 unspecified atom stereocenters. The number of thiophene rings is 1. The Morgan fingerprint density at radius 3 is 2.71 bits per heavy atom. The predicted molar refractivity (Wildman–Crippen MR) is 122 cm³/mol. The Labute approximate surface area is 189 Å². The van der Waals surface area contributed by atoms with Crippen molar-refractivity contribution in [1.82, 2.24) is 0 Å². The average Bonchev–Trinajstić information content (AvgIpc) is 3.33. The predicted octanol–water partition coefficient (Wildman–Crippen LogP) is 5.04. The number of aliphatic carboxylic acids is 1. The second-order valence-electron chi connectivity index (χ2n) is 9.29. The van der Waals surface area contributed by atoms with Gasteiger partial charge in [-0.3, -0.25) is 4.79 Å². The van der Waals surface area contributed by atoms with Crippen LogP contribution in [0.3, 0.4) is 0 Å². The number of rotatable bonds is 12. The Morgan fingerprint density at radius 1 is 1.32 bits per heavy atom. The molecule has 3 N–H and O–H groups in total. The number of aliphatic hydroxyl groups is 2. The van der Waals surface area contributed by atoms with Gasteiger partial charge in [0.15, 0.2) is 0 Å². The van der Waals surface area contributed by atoms with E-state index < -0.39 is 18.2 Å². The van der Waals surface area contributed by atoms with Crippen LogP contribution in [0.15, 0.2) is 29.7 Å². The minimum absolute atomic E-state index is 0.0463. The highest BCUT2D eigenvalue weighted by atomic mass is 32.1. The van der Waals surface area contributed by atoms with Gasteiger partial charge < -0.3 is 15.3 Å². The van der Waals surface area contributed by atoms with Crippen molar-refractivity contribution in [2.75, 3.05) is 0 Å². The van der Waals surface area contributed by atoms with Crippen LogP contribution in [0.5, 0.6) is 0 Å². The van der Waals surface area contributed by atoms with Gasteiger partial charge in [0.2, 0.25) is 0 Å². The van der Waals surface area contributed by atoms with E-state index in [0.717, 1.165) is 44.9 Å². The van der Waals surface area contributed by atoms with Gasteiger partial charge in [0.05, 0.1) is 24.2 Å². The molecule has 0 aromatic carbocycles. The van der Waals surface area contributed by atoms with Crippen LogP contribution >= 0.6 is 11.3 Å². The second-order valence-corrected chi connectivity index (χ2v) is 10.2. The molecule has 0 radical (unpaired) electrons. The molecule has 1 aromatic heterocycles. The maximum Gasteiger partial charge on any atom is 0.303 e. The number of nitriles is 1. The first kappa shape index (κ1) is 24.0. The summed E-state index contributed by atoms with van der Waals surface area (Å²) in [6, 6.07) is 6.56. The Balaban J connectivity index is 1.53. The average molecular weight is 446 g/mol. The van der Waals surface area contributed by atoms with Gasteiger partial charge in [-0.25, -0.2) is 0 Å².